The third-order valence-corrected chi connectivity index (χ3v) is 3.76. The van der Waals surface area contributed by atoms with Gasteiger partial charge in [0.05, 0.1) is 0 Å². The predicted octanol–water partition coefficient (Wildman–Crippen LogP) is 4.21. The van der Waals surface area contributed by atoms with Crippen LogP contribution in [0.1, 0.15) is 29.5 Å². The Bertz CT molecular complexity index is 578. The van der Waals surface area contributed by atoms with E-state index in [9.17, 15) is 8.78 Å². The summed E-state index contributed by atoms with van der Waals surface area (Å²) in [5, 5.41) is 3.33. The molecule has 0 saturated carbocycles. The molecule has 0 bridgehead atoms. The summed E-state index contributed by atoms with van der Waals surface area (Å²) in [6.45, 7) is 5.71. The zero-order valence-corrected chi connectivity index (χ0v) is 12.5. The summed E-state index contributed by atoms with van der Waals surface area (Å²) in [5.74, 6) is -0.245. The molecule has 0 heterocycles. The highest BCUT2D eigenvalue weighted by molar-refractivity contribution is 5.30. The maximum absolute atomic E-state index is 13.4. The first-order chi connectivity index (χ1) is 10.1. The third-order valence-electron chi connectivity index (χ3n) is 3.76. The van der Waals surface area contributed by atoms with Crippen LogP contribution < -0.4 is 5.32 Å². The van der Waals surface area contributed by atoms with Crippen molar-refractivity contribution in [1.82, 2.24) is 5.32 Å². The number of rotatable bonds is 6. The monoisotopic (exact) mass is 289 g/mol. The lowest BCUT2D eigenvalue weighted by molar-refractivity contribution is 0.583. The largest absolute Gasteiger partial charge is 0.316 e. The lowest BCUT2D eigenvalue weighted by Gasteiger charge is -2.19. The summed E-state index contributed by atoms with van der Waals surface area (Å²) in [5.41, 5.74) is 3.16. The quantitative estimate of drug-likeness (QED) is 0.840. The van der Waals surface area contributed by atoms with Gasteiger partial charge in [-0.1, -0.05) is 25.1 Å². The van der Waals surface area contributed by atoms with Crippen LogP contribution in [0, 0.1) is 18.6 Å². The van der Waals surface area contributed by atoms with Crippen molar-refractivity contribution in [3.05, 3.63) is 70.8 Å². The zero-order chi connectivity index (χ0) is 15.2. The van der Waals surface area contributed by atoms with E-state index < -0.39 is 0 Å². The Balaban J connectivity index is 2.23. The van der Waals surface area contributed by atoms with Crippen molar-refractivity contribution in [3.63, 3.8) is 0 Å². The van der Waals surface area contributed by atoms with Crippen LogP contribution in [0.2, 0.25) is 0 Å². The fourth-order valence-corrected chi connectivity index (χ4v) is 2.49. The highest BCUT2D eigenvalue weighted by Gasteiger charge is 2.14. The van der Waals surface area contributed by atoms with Crippen LogP contribution in [0.4, 0.5) is 8.78 Å². The van der Waals surface area contributed by atoms with Crippen LogP contribution in [-0.2, 0) is 6.42 Å². The van der Waals surface area contributed by atoms with Crippen molar-refractivity contribution >= 4 is 0 Å². The van der Waals surface area contributed by atoms with Crippen LogP contribution in [0.5, 0.6) is 0 Å². The molecule has 3 heteroatoms. The van der Waals surface area contributed by atoms with E-state index in [1.807, 2.05) is 19.1 Å². The Kier molecular flexibility index (Phi) is 5.45. The molecule has 0 radical (unpaired) electrons. The fourth-order valence-electron chi connectivity index (χ4n) is 2.49. The van der Waals surface area contributed by atoms with Gasteiger partial charge in [-0.2, -0.15) is 0 Å². The van der Waals surface area contributed by atoms with Gasteiger partial charge in [0.1, 0.15) is 11.6 Å². The molecule has 1 N–H and O–H groups in total. The minimum atomic E-state index is -0.233. The molecule has 2 aromatic rings. The van der Waals surface area contributed by atoms with E-state index in [0.717, 1.165) is 36.2 Å². The van der Waals surface area contributed by atoms with E-state index in [2.05, 4.69) is 12.2 Å². The molecule has 0 saturated heterocycles. The molecule has 21 heavy (non-hydrogen) atoms. The highest BCUT2D eigenvalue weighted by Crippen LogP contribution is 2.23. The Labute approximate surface area is 125 Å². The number of benzene rings is 2. The molecule has 1 unspecified atom stereocenters. The average Bonchev–Trinajstić information content (AvgIpc) is 2.48. The van der Waals surface area contributed by atoms with Crippen molar-refractivity contribution in [3.8, 4) is 0 Å². The molecule has 0 aliphatic heterocycles. The zero-order valence-electron chi connectivity index (χ0n) is 12.5. The molecule has 0 aliphatic rings. The Morgan fingerprint density at radius 2 is 1.67 bits per heavy atom. The van der Waals surface area contributed by atoms with Gasteiger partial charge in [0.2, 0.25) is 0 Å². The summed E-state index contributed by atoms with van der Waals surface area (Å²) in [7, 11) is 0. The van der Waals surface area contributed by atoms with E-state index in [0.29, 0.717) is 0 Å². The lowest BCUT2D eigenvalue weighted by Crippen LogP contribution is -2.23. The van der Waals surface area contributed by atoms with Gasteiger partial charge in [-0.3, -0.25) is 0 Å². The Morgan fingerprint density at radius 3 is 2.33 bits per heavy atom. The second-order valence-electron chi connectivity index (χ2n) is 5.33. The van der Waals surface area contributed by atoms with Crippen molar-refractivity contribution in [2.24, 2.45) is 0 Å². The van der Waals surface area contributed by atoms with Crippen LogP contribution >= 0.6 is 0 Å². The molecular weight excluding hydrogens is 268 g/mol. The molecule has 112 valence electrons. The first-order valence-electron chi connectivity index (χ1n) is 7.31. The fraction of sp³-hybridized carbons (Fsp3) is 0.333. The van der Waals surface area contributed by atoms with Crippen LogP contribution in [-0.4, -0.2) is 13.1 Å². The molecule has 0 fully saturated rings. The van der Waals surface area contributed by atoms with Crippen molar-refractivity contribution in [1.29, 1.82) is 0 Å². The number of likely N-dealkylation sites (N-methyl/N-ethyl adjacent to an activating group) is 1. The van der Waals surface area contributed by atoms with Gasteiger partial charge in [-0.25, -0.2) is 8.78 Å². The number of aryl methyl sites for hydroxylation is 1. The third kappa shape index (κ3) is 4.36. The topological polar surface area (TPSA) is 12.0 Å². The average molecular weight is 289 g/mol. The molecule has 2 aromatic carbocycles. The summed E-state index contributed by atoms with van der Waals surface area (Å²) >= 11 is 0. The molecule has 1 nitrogen and oxygen atoms in total. The van der Waals surface area contributed by atoms with Gasteiger partial charge in [-0.15, -0.1) is 0 Å². The van der Waals surface area contributed by atoms with Crippen molar-refractivity contribution in [2.45, 2.75) is 26.2 Å². The van der Waals surface area contributed by atoms with Crippen LogP contribution in [0.3, 0.4) is 0 Å². The molecule has 0 aliphatic carbocycles. The van der Waals surface area contributed by atoms with Gasteiger partial charge < -0.3 is 5.32 Å². The van der Waals surface area contributed by atoms with Crippen molar-refractivity contribution < 1.29 is 8.78 Å². The van der Waals surface area contributed by atoms with Gasteiger partial charge in [0, 0.05) is 12.5 Å². The van der Waals surface area contributed by atoms with E-state index >= 15 is 0 Å². The van der Waals surface area contributed by atoms with Crippen LogP contribution in [0.15, 0.2) is 42.5 Å². The normalized spacial score (nSPS) is 12.4. The van der Waals surface area contributed by atoms with Gasteiger partial charge in [0.15, 0.2) is 0 Å². The second kappa shape index (κ2) is 7.32. The number of hydrogen-bond donors (Lipinski definition) is 1. The SMILES string of the molecule is CCNCC(Cc1cc(F)ccc1C)c1ccc(F)cc1. The molecule has 0 aromatic heterocycles. The van der Waals surface area contributed by atoms with Gasteiger partial charge in [-0.05, 0) is 60.8 Å². The standard InChI is InChI=1S/C18H21F2N/c1-3-21-12-16(14-5-8-17(19)9-6-14)10-15-11-18(20)7-4-13(15)2/h4-9,11,16,21H,3,10,12H2,1-2H3. The molecule has 2 rings (SSSR count). The maximum atomic E-state index is 13.4. The van der Waals surface area contributed by atoms with Gasteiger partial charge in [0.25, 0.3) is 0 Å². The molecule has 0 spiro atoms. The first-order valence-corrected chi connectivity index (χ1v) is 7.31. The van der Waals surface area contributed by atoms with Crippen LogP contribution in [0.25, 0.3) is 0 Å². The summed E-state index contributed by atoms with van der Waals surface area (Å²) in [4.78, 5) is 0. The predicted molar refractivity (Wildman–Crippen MR) is 82.5 cm³/mol. The number of nitrogens with one attached hydrogen (secondary N) is 1. The number of halogens is 2. The summed E-state index contributed by atoms with van der Waals surface area (Å²) in [6.07, 6.45) is 0.738. The lowest BCUT2D eigenvalue weighted by atomic mass is 9.90. The Morgan fingerprint density at radius 1 is 1.00 bits per heavy atom. The van der Waals surface area contributed by atoms with Gasteiger partial charge >= 0.3 is 0 Å². The smallest absolute Gasteiger partial charge is 0.123 e. The Hall–Kier alpha value is -1.74. The highest BCUT2D eigenvalue weighted by atomic mass is 19.1. The maximum Gasteiger partial charge on any atom is 0.123 e. The van der Waals surface area contributed by atoms with Crippen molar-refractivity contribution in [2.75, 3.05) is 13.1 Å². The molecule has 0 amide bonds. The molecule has 1 atom stereocenters. The van der Waals surface area contributed by atoms with E-state index in [1.165, 1.54) is 18.2 Å². The number of hydrogen-bond acceptors (Lipinski definition) is 1. The second-order valence-corrected chi connectivity index (χ2v) is 5.33. The summed E-state index contributed by atoms with van der Waals surface area (Å²) < 4.78 is 26.5. The molecular formula is C18H21F2N. The minimum Gasteiger partial charge on any atom is -0.316 e. The van der Waals surface area contributed by atoms with E-state index in [4.69, 9.17) is 0 Å². The van der Waals surface area contributed by atoms with E-state index in [1.54, 1.807) is 12.1 Å². The van der Waals surface area contributed by atoms with E-state index in [-0.39, 0.29) is 17.6 Å². The first kappa shape index (κ1) is 15.6. The minimum absolute atomic E-state index is 0.200. The summed E-state index contributed by atoms with van der Waals surface area (Å²) in [6, 6.07) is 11.5.